The predicted octanol–water partition coefficient (Wildman–Crippen LogP) is 2.47. The van der Waals surface area contributed by atoms with Gasteiger partial charge in [0.05, 0.1) is 12.0 Å². The minimum absolute atomic E-state index is 0.0285. The van der Waals surface area contributed by atoms with Crippen LogP contribution in [0.15, 0.2) is 24.3 Å². The first kappa shape index (κ1) is 12.9. The van der Waals surface area contributed by atoms with Gasteiger partial charge < -0.3 is 10.4 Å². The van der Waals surface area contributed by atoms with E-state index in [1.165, 1.54) is 0 Å². The van der Waals surface area contributed by atoms with Gasteiger partial charge in [0.2, 0.25) is 0 Å². The molecule has 0 bridgehead atoms. The maximum Gasteiger partial charge on any atom is 0.305 e. The molecule has 0 heterocycles. The number of rotatable bonds is 4. The zero-order valence-corrected chi connectivity index (χ0v) is 10.5. The summed E-state index contributed by atoms with van der Waals surface area (Å²) < 4.78 is 0. The topological polar surface area (TPSA) is 66.4 Å². The predicted molar refractivity (Wildman–Crippen MR) is 67.8 cm³/mol. The average Bonchev–Trinajstić information content (AvgIpc) is 2.25. The van der Waals surface area contributed by atoms with Gasteiger partial charge in [-0.15, -0.1) is 0 Å². The number of amides is 1. The van der Waals surface area contributed by atoms with Gasteiger partial charge in [-0.25, -0.2) is 0 Å². The Bertz CT molecular complexity index is 483. The second-order valence-electron chi connectivity index (χ2n) is 4.67. The van der Waals surface area contributed by atoms with Crippen LogP contribution in [0.25, 0.3) is 0 Å². The zero-order chi connectivity index (χ0) is 13.2. The summed E-state index contributed by atoms with van der Waals surface area (Å²) in [7, 11) is 0. The Morgan fingerprint density at radius 3 is 2.61 bits per heavy atom. The molecule has 0 radical (unpaired) electrons. The van der Waals surface area contributed by atoms with Gasteiger partial charge in [-0.2, -0.15) is 0 Å². The van der Waals surface area contributed by atoms with E-state index in [1.807, 2.05) is 0 Å². The van der Waals surface area contributed by atoms with E-state index < -0.39 is 11.5 Å². The maximum absolute atomic E-state index is 12.0. The quantitative estimate of drug-likeness (QED) is 0.881. The molecule has 1 aliphatic carbocycles. The van der Waals surface area contributed by atoms with Crippen LogP contribution in [0.5, 0.6) is 0 Å². The lowest BCUT2D eigenvalue weighted by Gasteiger charge is -2.41. The standard InChI is InChI=1S/C13H14ClNO3/c14-10-4-1-3-9(7-10)12(18)15-13(5-2-6-13)8-11(16)17/h1,3-4,7H,2,5-6,8H2,(H,15,18)(H,16,17). The normalized spacial score (nSPS) is 16.7. The van der Waals surface area contributed by atoms with Crippen molar-refractivity contribution in [2.45, 2.75) is 31.2 Å². The average molecular weight is 268 g/mol. The number of aliphatic carboxylic acids is 1. The lowest BCUT2D eigenvalue weighted by molar-refractivity contribution is -0.139. The summed E-state index contributed by atoms with van der Waals surface area (Å²) in [5.74, 6) is -1.15. The third-order valence-corrected chi connectivity index (χ3v) is 3.50. The van der Waals surface area contributed by atoms with Crippen molar-refractivity contribution in [2.24, 2.45) is 0 Å². The van der Waals surface area contributed by atoms with E-state index in [0.717, 1.165) is 6.42 Å². The molecule has 1 aliphatic rings. The molecule has 1 amide bonds. The van der Waals surface area contributed by atoms with Crippen molar-refractivity contribution in [1.29, 1.82) is 0 Å². The molecule has 4 nitrogen and oxygen atoms in total. The molecule has 0 spiro atoms. The van der Waals surface area contributed by atoms with Gasteiger partial charge in [0.1, 0.15) is 0 Å². The highest BCUT2D eigenvalue weighted by atomic mass is 35.5. The van der Waals surface area contributed by atoms with E-state index in [2.05, 4.69) is 5.32 Å². The summed E-state index contributed by atoms with van der Waals surface area (Å²) in [6.07, 6.45) is 2.35. The maximum atomic E-state index is 12.0. The monoisotopic (exact) mass is 267 g/mol. The van der Waals surface area contributed by atoms with E-state index in [-0.39, 0.29) is 12.3 Å². The van der Waals surface area contributed by atoms with Crippen LogP contribution in [-0.2, 0) is 4.79 Å². The van der Waals surface area contributed by atoms with Crippen LogP contribution in [-0.4, -0.2) is 22.5 Å². The summed E-state index contributed by atoms with van der Waals surface area (Å²) in [5, 5.41) is 12.2. The lowest BCUT2D eigenvalue weighted by Crippen LogP contribution is -2.54. The smallest absolute Gasteiger partial charge is 0.305 e. The molecule has 2 rings (SSSR count). The molecule has 0 unspecified atom stereocenters. The SMILES string of the molecule is O=C(O)CC1(NC(=O)c2cccc(Cl)c2)CCC1. The van der Waals surface area contributed by atoms with Gasteiger partial charge in [0.25, 0.3) is 5.91 Å². The van der Waals surface area contributed by atoms with E-state index in [4.69, 9.17) is 16.7 Å². The highest BCUT2D eigenvalue weighted by Crippen LogP contribution is 2.35. The van der Waals surface area contributed by atoms with Crippen LogP contribution in [0.2, 0.25) is 5.02 Å². The van der Waals surface area contributed by atoms with Crippen LogP contribution in [0.3, 0.4) is 0 Å². The molecule has 1 saturated carbocycles. The molecule has 0 saturated heterocycles. The van der Waals surface area contributed by atoms with E-state index in [1.54, 1.807) is 24.3 Å². The first-order valence-corrected chi connectivity index (χ1v) is 6.18. The highest BCUT2D eigenvalue weighted by molar-refractivity contribution is 6.30. The van der Waals surface area contributed by atoms with Crippen molar-refractivity contribution in [3.8, 4) is 0 Å². The van der Waals surface area contributed by atoms with Crippen molar-refractivity contribution in [2.75, 3.05) is 0 Å². The van der Waals surface area contributed by atoms with Gasteiger partial charge in [-0.05, 0) is 37.5 Å². The fourth-order valence-electron chi connectivity index (χ4n) is 2.18. The number of benzene rings is 1. The molecule has 18 heavy (non-hydrogen) atoms. The first-order chi connectivity index (χ1) is 8.51. The van der Waals surface area contributed by atoms with Crippen LogP contribution >= 0.6 is 11.6 Å². The fraction of sp³-hybridized carbons (Fsp3) is 0.385. The number of hydrogen-bond acceptors (Lipinski definition) is 2. The molecular weight excluding hydrogens is 254 g/mol. The zero-order valence-electron chi connectivity index (χ0n) is 9.78. The number of hydrogen-bond donors (Lipinski definition) is 2. The van der Waals surface area contributed by atoms with Gasteiger partial charge >= 0.3 is 5.97 Å². The van der Waals surface area contributed by atoms with Crippen LogP contribution in [0.1, 0.15) is 36.0 Å². The molecule has 0 aromatic heterocycles. The third-order valence-electron chi connectivity index (χ3n) is 3.27. The minimum atomic E-state index is -0.888. The van der Waals surface area contributed by atoms with Gasteiger partial charge in [0, 0.05) is 10.6 Å². The minimum Gasteiger partial charge on any atom is -0.481 e. The molecule has 1 aromatic rings. The van der Waals surface area contributed by atoms with Crippen molar-refractivity contribution in [3.63, 3.8) is 0 Å². The molecule has 1 fully saturated rings. The van der Waals surface area contributed by atoms with E-state index in [9.17, 15) is 9.59 Å². The summed E-state index contributed by atoms with van der Waals surface area (Å²) >= 11 is 5.82. The van der Waals surface area contributed by atoms with Crippen LogP contribution in [0.4, 0.5) is 0 Å². The lowest BCUT2D eigenvalue weighted by atomic mass is 9.74. The van der Waals surface area contributed by atoms with Crippen molar-refractivity contribution in [1.82, 2.24) is 5.32 Å². The Morgan fingerprint density at radius 2 is 2.11 bits per heavy atom. The first-order valence-electron chi connectivity index (χ1n) is 5.81. The second kappa shape index (κ2) is 4.98. The van der Waals surface area contributed by atoms with Gasteiger partial charge in [0.15, 0.2) is 0 Å². The number of halogens is 1. The summed E-state index contributed by atoms with van der Waals surface area (Å²) in [6.45, 7) is 0. The number of carboxylic acid groups (broad SMARTS) is 1. The van der Waals surface area contributed by atoms with Crippen LogP contribution in [0, 0.1) is 0 Å². The molecular formula is C13H14ClNO3. The number of nitrogens with one attached hydrogen (secondary N) is 1. The molecule has 96 valence electrons. The second-order valence-corrected chi connectivity index (χ2v) is 5.11. The van der Waals surface area contributed by atoms with Crippen molar-refractivity contribution < 1.29 is 14.7 Å². The van der Waals surface area contributed by atoms with Gasteiger partial charge in [-0.1, -0.05) is 17.7 Å². The number of carboxylic acids is 1. The summed E-state index contributed by atoms with van der Waals surface area (Å²) in [4.78, 5) is 22.8. The number of carbonyl (C=O) groups excluding carboxylic acids is 1. The van der Waals surface area contributed by atoms with Gasteiger partial charge in [-0.3, -0.25) is 9.59 Å². The summed E-state index contributed by atoms with van der Waals surface area (Å²) in [5.41, 5.74) is -0.121. The molecule has 2 N–H and O–H groups in total. The molecule has 5 heteroatoms. The van der Waals surface area contributed by atoms with Crippen molar-refractivity contribution in [3.05, 3.63) is 34.9 Å². The Morgan fingerprint density at radius 1 is 1.39 bits per heavy atom. The highest BCUT2D eigenvalue weighted by Gasteiger charge is 2.40. The Hall–Kier alpha value is -1.55. The molecule has 0 atom stereocenters. The largest absolute Gasteiger partial charge is 0.481 e. The molecule has 0 aliphatic heterocycles. The summed E-state index contributed by atoms with van der Waals surface area (Å²) in [6, 6.07) is 6.62. The Kier molecular flexibility index (Phi) is 3.57. The number of carbonyl (C=O) groups is 2. The Balaban J connectivity index is 2.08. The third kappa shape index (κ3) is 2.82. The Labute approximate surface area is 110 Å². The van der Waals surface area contributed by atoms with E-state index >= 15 is 0 Å². The molecule has 1 aromatic carbocycles. The van der Waals surface area contributed by atoms with Crippen LogP contribution < -0.4 is 5.32 Å². The van der Waals surface area contributed by atoms with E-state index in [0.29, 0.717) is 23.4 Å². The fourth-order valence-corrected chi connectivity index (χ4v) is 2.37. The van der Waals surface area contributed by atoms with Crippen molar-refractivity contribution >= 4 is 23.5 Å².